The molecule has 1 N–H and O–H groups in total. The van der Waals surface area contributed by atoms with Crippen molar-refractivity contribution in [1.82, 2.24) is 5.43 Å². The summed E-state index contributed by atoms with van der Waals surface area (Å²) in [6.45, 7) is 1.54. The van der Waals surface area contributed by atoms with Crippen LogP contribution in [0.5, 0.6) is 5.75 Å². The van der Waals surface area contributed by atoms with Crippen LogP contribution in [-0.4, -0.2) is 36.7 Å². The number of rotatable bonds is 7. The highest BCUT2D eigenvalue weighted by Gasteiger charge is 2.16. The Bertz CT molecular complexity index is 927. The number of benzene rings is 2. The Morgan fingerprint density at radius 2 is 1.97 bits per heavy atom. The molecule has 0 aliphatic carbocycles. The lowest BCUT2D eigenvalue weighted by Crippen LogP contribution is -2.26. The number of halogens is 1. The highest BCUT2D eigenvalue weighted by atomic mass is 35.5. The zero-order valence-electron chi connectivity index (χ0n) is 16.4. The maximum absolute atomic E-state index is 12.0. The number of amides is 1. The van der Waals surface area contributed by atoms with Gasteiger partial charge in [0, 0.05) is 41.5 Å². The first kappa shape index (κ1) is 21.6. The third kappa shape index (κ3) is 6.18. The molecule has 3 rings (SSSR count). The molecule has 0 atom stereocenters. The molecule has 0 spiro atoms. The Balaban J connectivity index is 1.67. The van der Waals surface area contributed by atoms with Gasteiger partial charge in [0.25, 0.3) is 11.6 Å². The average Bonchev–Trinajstić information content (AvgIpc) is 3.01. The molecule has 1 saturated heterocycles. The topological polar surface area (TPSA) is 97.1 Å². The van der Waals surface area contributed by atoms with Crippen LogP contribution in [0, 0.1) is 10.1 Å². The summed E-state index contributed by atoms with van der Waals surface area (Å²) >= 11 is 5.88. The molecule has 1 heterocycles. The Labute approximate surface area is 179 Å². The van der Waals surface area contributed by atoms with Gasteiger partial charge in [-0.25, -0.2) is 5.43 Å². The van der Waals surface area contributed by atoms with Crippen molar-refractivity contribution in [3.05, 3.63) is 63.2 Å². The zero-order valence-corrected chi connectivity index (χ0v) is 17.2. The van der Waals surface area contributed by atoms with E-state index in [-0.39, 0.29) is 12.3 Å². The summed E-state index contributed by atoms with van der Waals surface area (Å²) in [6, 6.07) is 11.4. The van der Waals surface area contributed by atoms with Crippen LogP contribution in [-0.2, 0) is 4.79 Å². The van der Waals surface area contributed by atoms with Crippen LogP contribution in [0.1, 0.15) is 31.2 Å². The van der Waals surface area contributed by atoms with Gasteiger partial charge in [0.2, 0.25) is 0 Å². The summed E-state index contributed by atoms with van der Waals surface area (Å²) < 4.78 is 5.37. The number of carbonyl (C=O) groups excluding carboxylic acids is 1. The third-order valence-electron chi connectivity index (χ3n) is 4.73. The van der Waals surface area contributed by atoms with Gasteiger partial charge in [0.1, 0.15) is 5.75 Å². The molecule has 0 saturated carbocycles. The summed E-state index contributed by atoms with van der Waals surface area (Å²) in [7, 11) is 0. The van der Waals surface area contributed by atoms with Gasteiger partial charge in [-0.05, 0) is 37.1 Å². The number of nitrogens with one attached hydrogen (secondary N) is 1. The predicted molar refractivity (Wildman–Crippen MR) is 116 cm³/mol. The minimum Gasteiger partial charge on any atom is -0.484 e. The molecular formula is C21H23ClN4O4. The van der Waals surface area contributed by atoms with Gasteiger partial charge in [0.05, 0.1) is 11.1 Å². The lowest BCUT2D eigenvalue weighted by atomic mass is 10.1. The van der Waals surface area contributed by atoms with E-state index in [0.29, 0.717) is 16.3 Å². The molecular weight excluding hydrogens is 408 g/mol. The summed E-state index contributed by atoms with van der Waals surface area (Å²) in [5, 5.41) is 15.7. The van der Waals surface area contributed by atoms with Crippen molar-refractivity contribution in [1.29, 1.82) is 0 Å². The van der Waals surface area contributed by atoms with E-state index in [4.69, 9.17) is 16.3 Å². The molecule has 1 aliphatic heterocycles. The van der Waals surface area contributed by atoms with Crippen LogP contribution in [0.25, 0.3) is 0 Å². The molecule has 0 radical (unpaired) electrons. The fourth-order valence-corrected chi connectivity index (χ4v) is 3.45. The van der Waals surface area contributed by atoms with Gasteiger partial charge in [0.15, 0.2) is 6.61 Å². The van der Waals surface area contributed by atoms with E-state index in [2.05, 4.69) is 15.4 Å². The molecule has 1 aliphatic rings. The van der Waals surface area contributed by atoms with E-state index in [1.165, 1.54) is 31.2 Å². The van der Waals surface area contributed by atoms with Crippen molar-refractivity contribution in [2.75, 3.05) is 24.6 Å². The third-order valence-corrected chi connectivity index (χ3v) is 4.96. The van der Waals surface area contributed by atoms with Crippen LogP contribution in [0.4, 0.5) is 11.4 Å². The van der Waals surface area contributed by atoms with E-state index in [9.17, 15) is 14.9 Å². The predicted octanol–water partition coefficient (Wildman–Crippen LogP) is 4.16. The standard InChI is InChI=1S/C21H23ClN4O4/c22-17-6-5-7-19(13-17)30-15-21(27)24-23-14-16-12-18(26(28)29)8-9-20(16)25-10-3-1-2-4-11-25/h5-9,12-14H,1-4,10-11,15H2,(H,24,27)/b23-14+. The molecule has 9 heteroatoms. The molecule has 158 valence electrons. The lowest BCUT2D eigenvalue weighted by Gasteiger charge is -2.24. The number of nitro benzene ring substituents is 1. The summed E-state index contributed by atoms with van der Waals surface area (Å²) in [6.07, 6.45) is 5.94. The van der Waals surface area contributed by atoms with Crippen molar-refractivity contribution in [2.45, 2.75) is 25.7 Å². The lowest BCUT2D eigenvalue weighted by molar-refractivity contribution is -0.384. The summed E-state index contributed by atoms with van der Waals surface area (Å²) in [5.74, 6) is 0.0248. The van der Waals surface area contributed by atoms with E-state index in [1.807, 2.05) is 0 Å². The number of nitrogens with zero attached hydrogens (tertiary/aromatic N) is 3. The monoisotopic (exact) mass is 430 g/mol. The maximum Gasteiger partial charge on any atom is 0.277 e. The second-order valence-corrected chi connectivity index (χ2v) is 7.38. The molecule has 2 aromatic carbocycles. The molecule has 2 aromatic rings. The number of nitro groups is 1. The summed E-state index contributed by atoms with van der Waals surface area (Å²) in [5.41, 5.74) is 3.83. The van der Waals surface area contributed by atoms with Crippen LogP contribution < -0.4 is 15.1 Å². The van der Waals surface area contributed by atoms with Crippen LogP contribution in [0.3, 0.4) is 0 Å². The van der Waals surface area contributed by atoms with Gasteiger partial charge in [-0.3, -0.25) is 14.9 Å². The van der Waals surface area contributed by atoms with Gasteiger partial charge in [-0.1, -0.05) is 30.5 Å². The minimum absolute atomic E-state index is 0.0226. The number of hydrogen-bond acceptors (Lipinski definition) is 6. The molecule has 30 heavy (non-hydrogen) atoms. The van der Waals surface area contributed by atoms with Crippen molar-refractivity contribution in [3.63, 3.8) is 0 Å². The van der Waals surface area contributed by atoms with E-state index < -0.39 is 10.8 Å². The van der Waals surface area contributed by atoms with E-state index in [1.54, 1.807) is 30.3 Å². The number of hydrazone groups is 1. The Kier molecular flexibility index (Phi) is 7.62. The maximum atomic E-state index is 12.0. The number of carbonyl (C=O) groups is 1. The first-order valence-corrected chi connectivity index (χ1v) is 10.1. The van der Waals surface area contributed by atoms with Gasteiger partial charge in [-0.15, -0.1) is 0 Å². The van der Waals surface area contributed by atoms with Gasteiger partial charge in [-0.2, -0.15) is 5.10 Å². The highest BCUT2D eigenvalue weighted by molar-refractivity contribution is 6.30. The Morgan fingerprint density at radius 1 is 1.20 bits per heavy atom. The minimum atomic E-state index is -0.451. The molecule has 0 bridgehead atoms. The average molecular weight is 431 g/mol. The number of anilines is 1. The quantitative estimate of drug-likeness (QED) is 0.404. The molecule has 0 unspecified atom stereocenters. The van der Waals surface area contributed by atoms with Crippen molar-refractivity contribution in [3.8, 4) is 5.75 Å². The second kappa shape index (κ2) is 10.6. The molecule has 1 amide bonds. The number of ether oxygens (including phenoxy) is 1. The van der Waals surface area contributed by atoms with Crippen LogP contribution in [0.15, 0.2) is 47.6 Å². The zero-order chi connectivity index (χ0) is 21.3. The van der Waals surface area contributed by atoms with Crippen LogP contribution >= 0.6 is 11.6 Å². The Morgan fingerprint density at radius 3 is 2.67 bits per heavy atom. The number of hydrogen-bond donors (Lipinski definition) is 1. The van der Waals surface area contributed by atoms with Crippen molar-refractivity contribution >= 4 is 35.1 Å². The number of non-ortho nitro benzene ring substituents is 1. The fourth-order valence-electron chi connectivity index (χ4n) is 3.27. The molecule has 0 aromatic heterocycles. The largest absolute Gasteiger partial charge is 0.484 e. The normalized spacial score (nSPS) is 14.4. The van der Waals surface area contributed by atoms with Gasteiger partial charge >= 0.3 is 0 Å². The summed E-state index contributed by atoms with van der Waals surface area (Å²) in [4.78, 5) is 24.9. The van der Waals surface area contributed by atoms with E-state index in [0.717, 1.165) is 31.6 Å². The Hall–Kier alpha value is -3.13. The van der Waals surface area contributed by atoms with E-state index >= 15 is 0 Å². The SMILES string of the molecule is O=C(COc1cccc(Cl)c1)N/N=C/c1cc([N+](=O)[O-])ccc1N1CCCCCC1. The van der Waals surface area contributed by atoms with Crippen molar-refractivity contribution < 1.29 is 14.5 Å². The first-order valence-electron chi connectivity index (χ1n) is 9.76. The van der Waals surface area contributed by atoms with Gasteiger partial charge < -0.3 is 9.64 Å². The highest BCUT2D eigenvalue weighted by Crippen LogP contribution is 2.26. The fraction of sp³-hybridized carbons (Fsp3) is 0.333. The smallest absolute Gasteiger partial charge is 0.277 e. The molecule has 8 nitrogen and oxygen atoms in total. The second-order valence-electron chi connectivity index (χ2n) is 6.94. The molecule has 1 fully saturated rings. The first-order chi connectivity index (χ1) is 14.5. The van der Waals surface area contributed by atoms with Crippen molar-refractivity contribution in [2.24, 2.45) is 5.10 Å². The van der Waals surface area contributed by atoms with Crippen LogP contribution in [0.2, 0.25) is 5.02 Å².